The molecule has 3 aromatic rings. The predicted molar refractivity (Wildman–Crippen MR) is 116 cm³/mol. The van der Waals surface area contributed by atoms with Crippen LogP contribution in [0.1, 0.15) is 11.4 Å². The minimum atomic E-state index is -3.49. The van der Waals surface area contributed by atoms with E-state index in [1.807, 2.05) is 35.2 Å². The molecular weight excluding hydrogens is 419 g/mol. The molecule has 1 aromatic heterocycles. The Morgan fingerprint density at radius 3 is 2.32 bits per heavy atom. The summed E-state index contributed by atoms with van der Waals surface area (Å²) in [5.41, 5.74) is 0.568. The van der Waals surface area contributed by atoms with Gasteiger partial charge < -0.3 is 9.64 Å². The first-order chi connectivity index (χ1) is 14.9. The quantitative estimate of drug-likeness (QED) is 0.583. The van der Waals surface area contributed by atoms with Gasteiger partial charge in [-0.3, -0.25) is 0 Å². The number of para-hydroxylation sites is 1. The highest BCUT2D eigenvalue weighted by Gasteiger charge is 2.28. The van der Waals surface area contributed by atoms with Crippen LogP contribution in [0.5, 0.6) is 11.6 Å². The van der Waals surface area contributed by atoms with E-state index in [0.29, 0.717) is 55.0 Å². The van der Waals surface area contributed by atoms with E-state index in [1.165, 1.54) is 28.6 Å². The molecule has 0 N–H and O–H groups in total. The number of anilines is 1. The van der Waals surface area contributed by atoms with E-state index in [0.717, 1.165) is 0 Å². The molecule has 0 amide bonds. The highest BCUT2D eigenvalue weighted by Crippen LogP contribution is 2.24. The SMILES string of the molecule is Cc1nc(Oc2ccccc2)cc(N2CCN(S(=O)(=O)Cc3ccc(F)cc3)CC2)n1. The lowest BCUT2D eigenvalue weighted by atomic mass is 10.2. The molecule has 4 rings (SSSR count). The van der Waals surface area contributed by atoms with Gasteiger partial charge >= 0.3 is 0 Å². The minimum absolute atomic E-state index is 0.144. The Labute approximate surface area is 181 Å². The third kappa shape index (κ3) is 5.36. The first-order valence-corrected chi connectivity index (χ1v) is 11.6. The van der Waals surface area contributed by atoms with Crippen molar-refractivity contribution in [1.82, 2.24) is 14.3 Å². The molecule has 9 heteroatoms. The smallest absolute Gasteiger partial charge is 0.224 e. The van der Waals surface area contributed by atoms with Gasteiger partial charge in [-0.25, -0.2) is 17.8 Å². The van der Waals surface area contributed by atoms with E-state index in [4.69, 9.17) is 4.74 Å². The van der Waals surface area contributed by atoms with E-state index in [2.05, 4.69) is 9.97 Å². The Hall–Kier alpha value is -3.04. The van der Waals surface area contributed by atoms with Crippen molar-refractivity contribution in [3.63, 3.8) is 0 Å². The van der Waals surface area contributed by atoms with Crippen LogP contribution < -0.4 is 9.64 Å². The molecule has 0 bridgehead atoms. The standard InChI is InChI=1S/C22H23FN4O3S/c1-17-24-21(15-22(25-17)30-20-5-3-2-4-6-20)26-11-13-27(14-12-26)31(28,29)16-18-7-9-19(23)10-8-18/h2-10,15H,11-14,16H2,1H3. The first kappa shape index (κ1) is 21.2. The fraction of sp³-hybridized carbons (Fsp3) is 0.273. The molecule has 0 unspecified atom stereocenters. The second-order valence-corrected chi connectivity index (χ2v) is 9.26. The zero-order valence-electron chi connectivity index (χ0n) is 17.1. The zero-order chi connectivity index (χ0) is 21.8. The zero-order valence-corrected chi connectivity index (χ0v) is 17.9. The average Bonchev–Trinajstić information content (AvgIpc) is 2.76. The Bertz CT molecular complexity index is 1130. The molecule has 1 aliphatic rings. The van der Waals surface area contributed by atoms with E-state index >= 15 is 0 Å². The fourth-order valence-electron chi connectivity index (χ4n) is 3.43. The summed E-state index contributed by atoms with van der Waals surface area (Å²) >= 11 is 0. The maximum absolute atomic E-state index is 13.1. The molecule has 1 aliphatic heterocycles. The predicted octanol–water partition coefficient (Wildman–Crippen LogP) is 3.37. The number of ether oxygens (including phenoxy) is 1. The molecule has 0 spiro atoms. The molecule has 7 nitrogen and oxygen atoms in total. The monoisotopic (exact) mass is 442 g/mol. The number of aryl methyl sites for hydroxylation is 1. The molecule has 0 atom stereocenters. The summed E-state index contributed by atoms with van der Waals surface area (Å²) < 4.78 is 45.9. The van der Waals surface area contributed by atoms with Gasteiger partial charge in [-0.1, -0.05) is 30.3 Å². The number of piperazine rings is 1. The number of nitrogens with zero attached hydrogens (tertiary/aromatic N) is 4. The molecular formula is C22H23FN4O3S. The van der Waals surface area contributed by atoms with E-state index in [-0.39, 0.29) is 11.6 Å². The van der Waals surface area contributed by atoms with Crippen LogP contribution in [0.3, 0.4) is 0 Å². The summed E-state index contributed by atoms with van der Waals surface area (Å²) in [6.07, 6.45) is 0. The van der Waals surface area contributed by atoms with Crippen LogP contribution in [-0.2, 0) is 15.8 Å². The highest BCUT2D eigenvalue weighted by molar-refractivity contribution is 7.88. The molecule has 2 heterocycles. The van der Waals surface area contributed by atoms with Crippen LogP contribution in [0.4, 0.5) is 10.2 Å². The van der Waals surface area contributed by atoms with Crippen molar-refractivity contribution in [3.05, 3.63) is 77.9 Å². The second kappa shape index (κ2) is 8.99. The van der Waals surface area contributed by atoms with Crippen molar-refractivity contribution in [2.45, 2.75) is 12.7 Å². The van der Waals surface area contributed by atoms with E-state index in [1.54, 1.807) is 13.0 Å². The first-order valence-electron chi connectivity index (χ1n) is 9.95. The van der Waals surface area contributed by atoms with Gasteiger partial charge in [0.05, 0.1) is 5.75 Å². The summed E-state index contributed by atoms with van der Waals surface area (Å²) in [4.78, 5) is 10.9. The fourth-order valence-corrected chi connectivity index (χ4v) is 4.94. The van der Waals surface area contributed by atoms with Crippen LogP contribution in [0, 0.1) is 12.7 Å². The maximum Gasteiger partial charge on any atom is 0.224 e. The maximum atomic E-state index is 13.1. The highest BCUT2D eigenvalue weighted by atomic mass is 32.2. The number of rotatable bonds is 6. The third-order valence-corrected chi connectivity index (χ3v) is 6.83. The average molecular weight is 443 g/mol. The number of halogens is 1. The normalized spacial score (nSPS) is 15.1. The van der Waals surface area contributed by atoms with Crippen molar-refractivity contribution >= 4 is 15.8 Å². The van der Waals surface area contributed by atoms with Gasteiger partial charge in [-0.2, -0.15) is 9.29 Å². The van der Waals surface area contributed by atoms with Crippen LogP contribution >= 0.6 is 0 Å². The van der Waals surface area contributed by atoms with Gasteiger partial charge in [0.15, 0.2) is 0 Å². The van der Waals surface area contributed by atoms with Gasteiger partial charge in [-0.15, -0.1) is 0 Å². The minimum Gasteiger partial charge on any atom is -0.439 e. The third-order valence-electron chi connectivity index (χ3n) is 4.98. The van der Waals surface area contributed by atoms with Gasteiger partial charge in [0.1, 0.15) is 23.2 Å². The van der Waals surface area contributed by atoms with Gasteiger partial charge in [0.2, 0.25) is 15.9 Å². The van der Waals surface area contributed by atoms with Gasteiger partial charge in [-0.05, 0) is 36.8 Å². The Balaban J connectivity index is 1.42. The number of benzene rings is 2. The van der Waals surface area contributed by atoms with Gasteiger partial charge in [0.25, 0.3) is 0 Å². The molecule has 1 fully saturated rings. The molecule has 162 valence electrons. The Morgan fingerprint density at radius 2 is 1.65 bits per heavy atom. The number of sulfonamides is 1. The van der Waals surface area contributed by atoms with E-state index < -0.39 is 10.0 Å². The second-order valence-electron chi connectivity index (χ2n) is 7.30. The Kier molecular flexibility index (Phi) is 6.15. The largest absolute Gasteiger partial charge is 0.439 e. The van der Waals surface area contributed by atoms with Crippen LogP contribution in [-0.4, -0.2) is 48.9 Å². The number of hydrogen-bond donors (Lipinski definition) is 0. The topological polar surface area (TPSA) is 75.6 Å². The Morgan fingerprint density at radius 1 is 0.968 bits per heavy atom. The molecule has 1 saturated heterocycles. The van der Waals surface area contributed by atoms with Crippen molar-refractivity contribution < 1.29 is 17.5 Å². The van der Waals surface area contributed by atoms with Crippen LogP contribution in [0.15, 0.2) is 60.7 Å². The van der Waals surface area contributed by atoms with Crippen LogP contribution in [0.25, 0.3) is 0 Å². The van der Waals surface area contributed by atoms with E-state index in [9.17, 15) is 12.8 Å². The van der Waals surface area contributed by atoms with Crippen LogP contribution in [0.2, 0.25) is 0 Å². The lowest BCUT2D eigenvalue weighted by Gasteiger charge is -2.34. The summed E-state index contributed by atoms with van der Waals surface area (Å²) in [6, 6.07) is 16.7. The molecule has 2 aromatic carbocycles. The lowest BCUT2D eigenvalue weighted by molar-refractivity contribution is 0.382. The summed E-state index contributed by atoms with van der Waals surface area (Å²) in [5.74, 6) is 1.88. The number of hydrogen-bond acceptors (Lipinski definition) is 6. The van der Waals surface area contributed by atoms with Crippen molar-refractivity contribution in [2.24, 2.45) is 0 Å². The molecule has 0 aliphatic carbocycles. The molecule has 31 heavy (non-hydrogen) atoms. The summed E-state index contributed by atoms with van der Waals surface area (Å²) in [5, 5.41) is 0. The summed E-state index contributed by atoms with van der Waals surface area (Å²) in [6.45, 7) is 3.50. The molecule has 0 radical (unpaired) electrons. The molecule has 0 saturated carbocycles. The van der Waals surface area contributed by atoms with Crippen molar-refractivity contribution in [3.8, 4) is 11.6 Å². The lowest BCUT2D eigenvalue weighted by Crippen LogP contribution is -2.49. The number of aromatic nitrogens is 2. The summed E-state index contributed by atoms with van der Waals surface area (Å²) in [7, 11) is -3.49. The van der Waals surface area contributed by atoms with Gasteiger partial charge in [0, 0.05) is 32.2 Å². The van der Waals surface area contributed by atoms with Crippen molar-refractivity contribution in [2.75, 3.05) is 31.1 Å². The van der Waals surface area contributed by atoms with Crippen molar-refractivity contribution in [1.29, 1.82) is 0 Å².